The summed E-state index contributed by atoms with van der Waals surface area (Å²) < 4.78 is 1.88. The molecular formula is C16H22N4O3S. The second-order valence-electron chi connectivity index (χ2n) is 5.70. The smallest absolute Gasteiger partial charge is 0.347 e. The zero-order valence-corrected chi connectivity index (χ0v) is 15.3. The number of nitrogens with one attached hydrogen (secondary N) is 1. The molecule has 8 heteroatoms. The molecule has 2 aromatic rings. The van der Waals surface area contributed by atoms with Gasteiger partial charge in [-0.2, -0.15) is 5.10 Å². The number of carboxylic acid groups (broad SMARTS) is 1. The predicted molar refractivity (Wildman–Crippen MR) is 91.4 cm³/mol. The maximum atomic E-state index is 12.3. The number of amides is 1. The zero-order valence-electron chi connectivity index (χ0n) is 14.5. The van der Waals surface area contributed by atoms with Gasteiger partial charge in [-0.15, -0.1) is 11.3 Å². The lowest BCUT2D eigenvalue weighted by molar-refractivity contribution is -0.121. The molecule has 24 heavy (non-hydrogen) atoms. The summed E-state index contributed by atoms with van der Waals surface area (Å²) in [6, 6.07) is -0.337. The molecule has 1 unspecified atom stereocenters. The van der Waals surface area contributed by atoms with E-state index in [4.69, 9.17) is 5.11 Å². The first-order valence-electron chi connectivity index (χ1n) is 7.77. The Morgan fingerprint density at radius 3 is 2.46 bits per heavy atom. The average Bonchev–Trinajstić information content (AvgIpc) is 3.02. The highest BCUT2D eigenvalue weighted by Gasteiger charge is 2.20. The lowest BCUT2D eigenvalue weighted by Gasteiger charge is -2.11. The number of carboxylic acids is 1. The van der Waals surface area contributed by atoms with Crippen molar-refractivity contribution in [3.05, 3.63) is 32.5 Å². The van der Waals surface area contributed by atoms with Gasteiger partial charge in [0.15, 0.2) is 0 Å². The van der Waals surface area contributed by atoms with E-state index in [9.17, 15) is 9.59 Å². The van der Waals surface area contributed by atoms with Crippen LogP contribution in [0.3, 0.4) is 0 Å². The third-order valence-corrected chi connectivity index (χ3v) is 5.25. The maximum Gasteiger partial charge on any atom is 0.347 e. The van der Waals surface area contributed by atoms with Crippen LogP contribution in [-0.2, 0) is 17.8 Å². The van der Waals surface area contributed by atoms with Crippen LogP contribution in [0, 0.1) is 20.8 Å². The van der Waals surface area contributed by atoms with Gasteiger partial charge in [0.05, 0.1) is 23.9 Å². The SMILES string of the molecule is CCn1nc(C)c(CC(=O)NC(C)c2nc(C)c(C(=O)O)s2)c1C. The third kappa shape index (κ3) is 3.64. The van der Waals surface area contributed by atoms with Crippen LogP contribution in [0.4, 0.5) is 0 Å². The topological polar surface area (TPSA) is 97.1 Å². The van der Waals surface area contributed by atoms with E-state index in [-0.39, 0.29) is 23.2 Å². The molecule has 1 amide bonds. The van der Waals surface area contributed by atoms with Crippen LogP contribution in [0.1, 0.15) is 57.2 Å². The minimum atomic E-state index is -0.993. The molecule has 0 spiro atoms. The van der Waals surface area contributed by atoms with E-state index in [0.29, 0.717) is 10.7 Å². The van der Waals surface area contributed by atoms with E-state index < -0.39 is 5.97 Å². The first-order valence-corrected chi connectivity index (χ1v) is 8.59. The van der Waals surface area contributed by atoms with Crippen LogP contribution in [0.15, 0.2) is 0 Å². The summed E-state index contributed by atoms with van der Waals surface area (Å²) in [5.74, 6) is -1.12. The minimum absolute atomic E-state index is 0.130. The standard InChI is InChI=1S/C16H22N4O3S/c1-6-20-11(5)12(8(2)19-20)7-13(21)17-10(4)15-18-9(3)14(24-15)16(22)23/h10H,6-7H2,1-5H3,(H,17,21)(H,22,23). The van der Waals surface area contributed by atoms with E-state index in [2.05, 4.69) is 15.4 Å². The molecule has 0 saturated heterocycles. The van der Waals surface area contributed by atoms with Gasteiger partial charge in [-0.1, -0.05) is 0 Å². The normalized spacial score (nSPS) is 12.2. The first-order chi connectivity index (χ1) is 11.2. The Morgan fingerprint density at radius 1 is 1.29 bits per heavy atom. The Kier molecular flexibility index (Phi) is 5.38. The summed E-state index contributed by atoms with van der Waals surface area (Å²) in [7, 11) is 0. The fourth-order valence-corrected chi connectivity index (χ4v) is 3.52. The van der Waals surface area contributed by atoms with Crippen LogP contribution < -0.4 is 5.32 Å². The summed E-state index contributed by atoms with van der Waals surface area (Å²) >= 11 is 1.10. The maximum absolute atomic E-state index is 12.3. The monoisotopic (exact) mass is 350 g/mol. The van der Waals surface area contributed by atoms with Gasteiger partial charge < -0.3 is 10.4 Å². The molecule has 0 aliphatic carbocycles. The third-order valence-electron chi connectivity index (χ3n) is 3.92. The van der Waals surface area contributed by atoms with Crippen molar-refractivity contribution in [1.29, 1.82) is 0 Å². The molecule has 0 aromatic carbocycles. The number of aromatic nitrogens is 3. The van der Waals surface area contributed by atoms with Crippen molar-refractivity contribution in [2.75, 3.05) is 0 Å². The fraction of sp³-hybridized carbons (Fsp3) is 0.500. The zero-order chi connectivity index (χ0) is 18.0. The Balaban J connectivity index is 2.08. The van der Waals surface area contributed by atoms with Crippen molar-refractivity contribution in [1.82, 2.24) is 20.1 Å². The van der Waals surface area contributed by atoms with Gasteiger partial charge in [-0.05, 0) is 34.6 Å². The molecule has 0 aliphatic rings. The van der Waals surface area contributed by atoms with E-state index in [0.717, 1.165) is 34.8 Å². The van der Waals surface area contributed by atoms with Crippen LogP contribution in [-0.4, -0.2) is 31.7 Å². The van der Waals surface area contributed by atoms with Gasteiger partial charge >= 0.3 is 5.97 Å². The molecule has 2 N–H and O–H groups in total. The van der Waals surface area contributed by atoms with E-state index in [1.54, 1.807) is 13.8 Å². The number of nitrogens with zero attached hydrogens (tertiary/aromatic N) is 3. The van der Waals surface area contributed by atoms with Crippen LogP contribution in [0.5, 0.6) is 0 Å². The van der Waals surface area contributed by atoms with Gasteiger partial charge in [0.25, 0.3) is 0 Å². The number of rotatable bonds is 6. The quantitative estimate of drug-likeness (QED) is 0.834. The summed E-state index contributed by atoms with van der Waals surface area (Å²) in [6.45, 7) is 10.1. The Morgan fingerprint density at radius 2 is 1.96 bits per heavy atom. The van der Waals surface area contributed by atoms with E-state index >= 15 is 0 Å². The number of hydrogen-bond donors (Lipinski definition) is 2. The molecule has 130 valence electrons. The number of carbonyl (C=O) groups is 2. The highest BCUT2D eigenvalue weighted by molar-refractivity contribution is 7.13. The summed E-state index contributed by atoms with van der Waals surface area (Å²) in [5, 5.41) is 17.0. The van der Waals surface area contributed by atoms with Gasteiger partial charge in [-0.25, -0.2) is 9.78 Å². The molecule has 1 atom stereocenters. The largest absolute Gasteiger partial charge is 0.477 e. The van der Waals surface area contributed by atoms with Crippen LogP contribution in [0.25, 0.3) is 0 Å². The second kappa shape index (κ2) is 7.12. The van der Waals surface area contributed by atoms with Crippen LogP contribution >= 0.6 is 11.3 Å². The molecule has 0 saturated carbocycles. The van der Waals surface area contributed by atoms with Gasteiger partial charge in [0, 0.05) is 17.8 Å². The molecule has 7 nitrogen and oxygen atoms in total. The summed E-state index contributed by atoms with van der Waals surface area (Å²) in [5.41, 5.74) is 3.26. The van der Waals surface area contributed by atoms with Crippen molar-refractivity contribution in [2.24, 2.45) is 0 Å². The summed E-state index contributed by atoms with van der Waals surface area (Å²) in [4.78, 5) is 27.9. The van der Waals surface area contributed by atoms with Gasteiger partial charge in [-0.3, -0.25) is 9.48 Å². The fourth-order valence-electron chi connectivity index (χ4n) is 2.61. The summed E-state index contributed by atoms with van der Waals surface area (Å²) in [6.07, 6.45) is 0.248. The van der Waals surface area contributed by atoms with Crippen molar-refractivity contribution in [3.63, 3.8) is 0 Å². The van der Waals surface area contributed by atoms with Gasteiger partial charge in [0.2, 0.25) is 5.91 Å². The van der Waals surface area contributed by atoms with Crippen LogP contribution in [0.2, 0.25) is 0 Å². The number of aromatic carboxylic acids is 1. The molecule has 2 aromatic heterocycles. The number of hydrogen-bond acceptors (Lipinski definition) is 5. The van der Waals surface area contributed by atoms with Crippen molar-refractivity contribution < 1.29 is 14.7 Å². The number of aryl methyl sites for hydroxylation is 3. The lowest BCUT2D eigenvalue weighted by Crippen LogP contribution is -2.28. The molecule has 0 radical (unpaired) electrons. The van der Waals surface area contributed by atoms with Crippen molar-refractivity contribution in [2.45, 2.75) is 53.6 Å². The molecule has 0 bridgehead atoms. The average molecular weight is 350 g/mol. The number of thiazole rings is 1. The highest BCUT2D eigenvalue weighted by Crippen LogP contribution is 2.23. The second-order valence-corrected chi connectivity index (χ2v) is 6.73. The van der Waals surface area contributed by atoms with Crippen molar-refractivity contribution >= 4 is 23.2 Å². The highest BCUT2D eigenvalue weighted by atomic mass is 32.1. The van der Waals surface area contributed by atoms with E-state index in [1.165, 1.54) is 0 Å². The Hall–Kier alpha value is -2.22. The molecule has 0 fully saturated rings. The van der Waals surface area contributed by atoms with Crippen molar-refractivity contribution in [3.8, 4) is 0 Å². The Bertz CT molecular complexity index is 779. The molecule has 0 aliphatic heterocycles. The molecule has 2 heterocycles. The Labute approximate surface area is 144 Å². The predicted octanol–water partition coefficient (Wildman–Crippen LogP) is 2.40. The van der Waals surface area contributed by atoms with Gasteiger partial charge in [0.1, 0.15) is 9.88 Å². The van der Waals surface area contributed by atoms with E-state index in [1.807, 2.05) is 25.5 Å². The number of carbonyl (C=O) groups excluding carboxylic acids is 1. The minimum Gasteiger partial charge on any atom is -0.477 e. The molecule has 2 rings (SSSR count). The lowest BCUT2D eigenvalue weighted by atomic mass is 10.1. The first kappa shape index (κ1) is 18.1. The molecular weight excluding hydrogens is 328 g/mol.